The minimum absolute atomic E-state index is 0.00516. The first-order chi connectivity index (χ1) is 33.9. The highest BCUT2D eigenvalue weighted by molar-refractivity contribution is 7.90. The summed E-state index contributed by atoms with van der Waals surface area (Å²) >= 11 is 0. The smallest absolute Gasteiger partial charge is 0.410 e. The van der Waals surface area contributed by atoms with Crippen LogP contribution in [0.4, 0.5) is 4.79 Å². The van der Waals surface area contributed by atoms with E-state index in [1.54, 1.807) is 55.1 Å². The van der Waals surface area contributed by atoms with Gasteiger partial charge in [-0.1, -0.05) is 67.0 Å². The Kier molecular flexibility index (Phi) is 22.5. The molecule has 0 spiro atoms. The Morgan fingerprint density at radius 1 is 0.806 bits per heavy atom. The average Bonchev–Trinajstić information content (AvgIpc) is 4.10. The topological polar surface area (TPSA) is 230 Å². The number of Topliss-reactive ketones (excluding diaryl/α,β-unsaturated/α-hetero) is 1. The minimum atomic E-state index is -3.98. The Labute approximate surface area is 428 Å². The van der Waals surface area contributed by atoms with Gasteiger partial charge in [0.2, 0.25) is 33.7 Å². The number of amides is 6. The lowest BCUT2D eigenvalue weighted by Crippen LogP contribution is -2.55. The van der Waals surface area contributed by atoms with Gasteiger partial charge in [0, 0.05) is 72.6 Å². The summed E-state index contributed by atoms with van der Waals surface area (Å²) in [5.74, 6) is -3.55. The fraction of sp³-hybridized carbons (Fsp3) is 0.750. The highest BCUT2D eigenvalue weighted by atomic mass is 32.2. The molecule has 1 aromatic rings. The first-order valence-corrected chi connectivity index (χ1v) is 27.4. The number of nitrogens with one attached hydrogen (secondary N) is 3. The van der Waals surface area contributed by atoms with Gasteiger partial charge in [-0.25, -0.2) is 13.2 Å². The summed E-state index contributed by atoms with van der Waals surface area (Å²) in [6, 6.07) is 3.63. The number of rotatable bonds is 26. The Bertz CT molecular complexity index is 2120. The molecule has 1 saturated carbocycles. The first-order valence-electron chi connectivity index (χ1n) is 25.8. The Hall–Kier alpha value is -4.66. The molecule has 2 saturated heterocycles. The standard InChI is InChI=1S/C52H85N7O12S/c1-14-33(6)46(57(11)51(65)39(31(2)3)29-42(60)45(32(4)5)56(9)10)43(69-12)30-44(61)59-25-15-16-41(59)47(70-13)34(7)48(62)54-40(50(64)55-72(67,68)38-21-22-38)28-35-17-19-37(20-18-35)71-52(66)58-26-23-36(24-27-58)49(63)53-8/h17-20,31-34,36,38-41,43,45-47H,14-16,21-30H2,1-13H3,(H,53,63)(H,54,62)(H,55,64)/t33-,34+,39-,40-,41-,43+,45-,46-,47+/m0/s1. The van der Waals surface area contributed by atoms with Gasteiger partial charge in [0.15, 0.2) is 5.78 Å². The molecule has 1 aliphatic carbocycles. The molecule has 406 valence electrons. The molecule has 0 unspecified atom stereocenters. The lowest BCUT2D eigenvalue weighted by molar-refractivity contribution is -0.149. The summed E-state index contributed by atoms with van der Waals surface area (Å²) in [7, 11) is 6.05. The van der Waals surface area contributed by atoms with Crippen LogP contribution in [0.15, 0.2) is 24.3 Å². The van der Waals surface area contributed by atoms with Crippen LogP contribution in [0.1, 0.15) is 112 Å². The molecule has 2 aliphatic heterocycles. The molecular weight excluding hydrogens is 947 g/mol. The molecule has 4 rings (SSSR count). The van der Waals surface area contributed by atoms with E-state index in [0.717, 1.165) is 0 Å². The van der Waals surface area contributed by atoms with Crippen LogP contribution in [-0.4, -0.2) is 173 Å². The van der Waals surface area contributed by atoms with Crippen LogP contribution in [0.25, 0.3) is 0 Å². The summed E-state index contributed by atoms with van der Waals surface area (Å²) in [4.78, 5) is 102. The second-order valence-electron chi connectivity index (χ2n) is 21.1. The zero-order valence-corrected chi connectivity index (χ0v) is 45.9. The Morgan fingerprint density at radius 3 is 1.94 bits per heavy atom. The first kappa shape index (κ1) is 59.9. The molecule has 3 fully saturated rings. The van der Waals surface area contributed by atoms with Crippen molar-refractivity contribution in [3.05, 3.63) is 29.8 Å². The number of ether oxygens (including phenoxy) is 3. The summed E-state index contributed by atoms with van der Waals surface area (Å²) in [6.07, 6.45) is 1.55. The number of likely N-dealkylation sites (N-methyl/N-ethyl adjacent to an activating group) is 2. The van der Waals surface area contributed by atoms with Crippen LogP contribution in [0.2, 0.25) is 0 Å². The van der Waals surface area contributed by atoms with Crippen molar-refractivity contribution in [2.45, 2.75) is 154 Å². The van der Waals surface area contributed by atoms with E-state index < -0.39 is 75.4 Å². The largest absolute Gasteiger partial charge is 0.415 e. The lowest BCUT2D eigenvalue weighted by atomic mass is 9.83. The number of likely N-dealkylation sites (tertiary alicyclic amines) is 2. The number of hydrogen-bond acceptors (Lipinski definition) is 13. The monoisotopic (exact) mass is 1030 g/mol. The van der Waals surface area contributed by atoms with Crippen molar-refractivity contribution in [1.82, 2.24) is 35.0 Å². The van der Waals surface area contributed by atoms with E-state index in [-0.39, 0.29) is 78.2 Å². The molecule has 0 bridgehead atoms. The highest BCUT2D eigenvalue weighted by Gasteiger charge is 2.44. The number of carbonyl (C=O) groups excluding carboxylic acids is 7. The molecule has 19 nitrogen and oxygen atoms in total. The molecule has 6 amide bonds. The highest BCUT2D eigenvalue weighted by Crippen LogP contribution is 2.32. The van der Waals surface area contributed by atoms with Gasteiger partial charge in [0.1, 0.15) is 11.8 Å². The summed E-state index contributed by atoms with van der Waals surface area (Å²) in [6.45, 7) is 14.7. The van der Waals surface area contributed by atoms with Crippen molar-refractivity contribution in [3.8, 4) is 5.75 Å². The summed E-state index contributed by atoms with van der Waals surface area (Å²) < 4.78 is 45.7. The lowest BCUT2D eigenvalue weighted by Gasteiger charge is -2.41. The van der Waals surface area contributed by atoms with Gasteiger partial charge in [-0.2, -0.15) is 0 Å². The molecule has 0 radical (unpaired) electrons. The Morgan fingerprint density at radius 2 is 1.43 bits per heavy atom. The van der Waals surface area contributed by atoms with Gasteiger partial charge >= 0.3 is 6.09 Å². The molecule has 20 heteroatoms. The molecule has 3 N–H and O–H groups in total. The van der Waals surface area contributed by atoms with E-state index >= 15 is 0 Å². The average molecular weight is 1030 g/mol. The van der Waals surface area contributed by atoms with E-state index in [2.05, 4.69) is 15.4 Å². The third-order valence-electron chi connectivity index (χ3n) is 15.1. The van der Waals surface area contributed by atoms with Crippen molar-refractivity contribution < 1.29 is 56.2 Å². The molecule has 0 aromatic heterocycles. The molecular formula is C52H85N7O12S. The van der Waals surface area contributed by atoms with Crippen LogP contribution >= 0.6 is 0 Å². The summed E-state index contributed by atoms with van der Waals surface area (Å²) in [5.41, 5.74) is 0.544. The molecule has 72 heavy (non-hydrogen) atoms. The number of methoxy groups -OCH3 is 2. The van der Waals surface area contributed by atoms with E-state index in [1.165, 1.54) is 19.1 Å². The van der Waals surface area contributed by atoms with Gasteiger partial charge in [-0.05, 0) is 88.1 Å². The van der Waals surface area contributed by atoms with E-state index in [4.69, 9.17) is 14.2 Å². The van der Waals surface area contributed by atoms with Crippen molar-refractivity contribution in [1.29, 1.82) is 0 Å². The predicted molar refractivity (Wildman–Crippen MR) is 273 cm³/mol. The van der Waals surface area contributed by atoms with Crippen LogP contribution in [-0.2, 0) is 54.7 Å². The number of nitrogens with zero attached hydrogens (tertiary/aromatic N) is 4. The summed E-state index contributed by atoms with van der Waals surface area (Å²) in [5, 5.41) is 4.73. The number of ketones is 1. The van der Waals surface area contributed by atoms with E-state index in [9.17, 15) is 42.0 Å². The third kappa shape index (κ3) is 15.7. The number of benzene rings is 1. The molecule has 1 aromatic carbocycles. The number of carbonyl (C=O) groups is 7. The van der Waals surface area contributed by atoms with Crippen LogP contribution in [0.5, 0.6) is 5.75 Å². The second-order valence-corrected chi connectivity index (χ2v) is 23.1. The van der Waals surface area contributed by atoms with Gasteiger partial charge in [0.25, 0.3) is 5.91 Å². The quantitative estimate of drug-likeness (QED) is 0.119. The van der Waals surface area contributed by atoms with Crippen molar-refractivity contribution in [3.63, 3.8) is 0 Å². The van der Waals surface area contributed by atoms with Crippen molar-refractivity contribution >= 4 is 51.4 Å². The number of piperidine rings is 1. The van der Waals surface area contributed by atoms with Gasteiger partial charge in [-0.3, -0.25) is 38.4 Å². The second kappa shape index (κ2) is 27.0. The van der Waals surface area contributed by atoms with Crippen LogP contribution < -0.4 is 20.1 Å². The normalized spacial score (nSPS) is 20.0. The van der Waals surface area contributed by atoms with Gasteiger partial charge < -0.3 is 39.5 Å². The molecule has 2 heterocycles. The minimum Gasteiger partial charge on any atom is -0.410 e. The zero-order chi connectivity index (χ0) is 53.8. The van der Waals surface area contributed by atoms with Crippen LogP contribution in [0, 0.1) is 35.5 Å². The van der Waals surface area contributed by atoms with Crippen molar-refractivity contribution in [2.24, 2.45) is 35.5 Å². The zero-order valence-electron chi connectivity index (χ0n) is 45.1. The van der Waals surface area contributed by atoms with E-state index in [1.807, 2.05) is 60.5 Å². The Balaban J connectivity index is 1.48. The molecule has 3 aliphatic rings. The predicted octanol–water partition coefficient (Wildman–Crippen LogP) is 4.02. The number of hydrogen-bond donors (Lipinski definition) is 3. The van der Waals surface area contributed by atoms with E-state index in [0.29, 0.717) is 70.1 Å². The maximum absolute atomic E-state index is 14.5. The maximum Gasteiger partial charge on any atom is 0.415 e. The van der Waals surface area contributed by atoms with Crippen molar-refractivity contribution in [2.75, 3.05) is 62.0 Å². The SMILES string of the molecule is CC[C@H](C)[C@@H]([C@@H](CC(=O)N1CCC[C@H]1[C@H](OC)[C@@H](C)C(=O)N[C@@H](Cc1ccc(OC(=O)N2CCC(C(=O)NC)CC2)cc1)C(=O)NS(=O)(=O)C1CC1)OC)N(C)C(=O)[C@@H](CC(=O)[C@H](C(C)C)N(C)C)C(C)C. The van der Waals surface area contributed by atoms with Gasteiger partial charge in [0.05, 0.1) is 47.9 Å². The fourth-order valence-corrected chi connectivity index (χ4v) is 11.9. The maximum atomic E-state index is 14.5. The number of sulfonamides is 1. The van der Waals surface area contributed by atoms with Crippen LogP contribution in [0.3, 0.4) is 0 Å². The third-order valence-corrected chi connectivity index (χ3v) is 16.9. The van der Waals surface area contributed by atoms with Gasteiger partial charge in [-0.15, -0.1) is 0 Å². The fourth-order valence-electron chi connectivity index (χ4n) is 10.6. The molecule has 9 atom stereocenters.